The molecule has 0 bridgehead atoms. The van der Waals surface area contributed by atoms with Gasteiger partial charge in [-0.15, -0.1) is 5.10 Å². The molecule has 0 fully saturated rings. The zero-order valence-corrected chi connectivity index (χ0v) is 13.4. The van der Waals surface area contributed by atoms with Crippen molar-refractivity contribution in [3.05, 3.63) is 70.8 Å². The van der Waals surface area contributed by atoms with E-state index in [0.717, 1.165) is 11.8 Å². The summed E-state index contributed by atoms with van der Waals surface area (Å²) in [5, 5.41) is 7.26. The Kier molecular flexibility index (Phi) is 6.13. The predicted octanol–water partition coefficient (Wildman–Crippen LogP) is 4.57. The van der Waals surface area contributed by atoms with E-state index in [2.05, 4.69) is 10.2 Å². The predicted molar refractivity (Wildman–Crippen MR) is 88.3 cm³/mol. The Morgan fingerprint density at radius 1 is 1.08 bits per heavy atom. The molecule has 9 heteroatoms. The van der Waals surface area contributed by atoms with Crippen molar-refractivity contribution < 1.29 is 22.0 Å². The van der Waals surface area contributed by atoms with Crippen LogP contribution in [-0.2, 0) is 11.9 Å². The van der Waals surface area contributed by atoms with Crippen molar-refractivity contribution >= 4 is 23.1 Å². The van der Waals surface area contributed by atoms with Gasteiger partial charge in [0.1, 0.15) is 17.2 Å². The first-order valence-electron chi connectivity index (χ1n) is 6.87. The lowest BCUT2D eigenvalue weighted by atomic mass is 10.1. The fourth-order valence-corrected chi connectivity index (χ4v) is 2.46. The van der Waals surface area contributed by atoms with Crippen LogP contribution in [0.3, 0.4) is 0 Å². The zero-order valence-electron chi connectivity index (χ0n) is 12.6. The van der Waals surface area contributed by atoms with Crippen LogP contribution in [0.4, 0.5) is 22.0 Å². The van der Waals surface area contributed by atoms with E-state index in [1.807, 2.05) is 30.3 Å². The maximum absolute atomic E-state index is 13.4. The highest BCUT2D eigenvalue weighted by atomic mass is 32.2. The molecule has 0 aliphatic rings. The first-order chi connectivity index (χ1) is 11.8. The standard InChI is InChI=1S/C16H12F5N3S/c17-12-6-11(7-13(18)14(12)16(19,20)21)8-23-24-15(22)25-9-10-4-2-1-3-5-10/h1-8H,9H2,(H2,22,24). The molecule has 3 nitrogen and oxygen atoms in total. The van der Waals surface area contributed by atoms with Gasteiger partial charge >= 0.3 is 6.18 Å². The SMILES string of the molecule is NC(=NN=Cc1cc(F)c(C(F)(F)F)c(F)c1)SCc1ccccc1. The van der Waals surface area contributed by atoms with Gasteiger partial charge in [-0.3, -0.25) is 0 Å². The summed E-state index contributed by atoms with van der Waals surface area (Å²) < 4.78 is 64.2. The number of halogens is 5. The number of benzene rings is 2. The van der Waals surface area contributed by atoms with Gasteiger partial charge in [0.2, 0.25) is 0 Å². The Labute approximate surface area is 144 Å². The molecule has 0 atom stereocenters. The van der Waals surface area contributed by atoms with Crippen LogP contribution in [0, 0.1) is 11.6 Å². The van der Waals surface area contributed by atoms with E-state index in [4.69, 9.17) is 5.73 Å². The maximum Gasteiger partial charge on any atom is 0.422 e. The van der Waals surface area contributed by atoms with Crippen molar-refractivity contribution in [2.45, 2.75) is 11.9 Å². The van der Waals surface area contributed by atoms with Gasteiger partial charge in [0, 0.05) is 11.3 Å². The first-order valence-corrected chi connectivity index (χ1v) is 7.85. The van der Waals surface area contributed by atoms with Crippen LogP contribution in [0.1, 0.15) is 16.7 Å². The molecule has 2 N–H and O–H groups in total. The van der Waals surface area contributed by atoms with Crippen LogP contribution in [-0.4, -0.2) is 11.4 Å². The molecule has 0 heterocycles. The Bertz CT molecular complexity index is 765. The average molecular weight is 373 g/mol. The van der Waals surface area contributed by atoms with Crippen LogP contribution in [0.25, 0.3) is 0 Å². The molecule has 25 heavy (non-hydrogen) atoms. The quantitative estimate of drug-likeness (QED) is 0.370. The Morgan fingerprint density at radius 3 is 2.24 bits per heavy atom. The lowest BCUT2D eigenvalue weighted by molar-refractivity contribution is -0.142. The minimum atomic E-state index is -5.11. The summed E-state index contributed by atoms with van der Waals surface area (Å²) in [7, 11) is 0. The molecule has 132 valence electrons. The van der Waals surface area contributed by atoms with Crippen molar-refractivity contribution in [3.8, 4) is 0 Å². The van der Waals surface area contributed by atoms with Gasteiger partial charge in [-0.05, 0) is 17.7 Å². The number of thioether (sulfide) groups is 1. The van der Waals surface area contributed by atoms with Crippen molar-refractivity contribution in [2.24, 2.45) is 15.9 Å². The van der Waals surface area contributed by atoms with E-state index < -0.39 is 23.4 Å². The van der Waals surface area contributed by atoms with Gasteiger partial charge in [-0.1, -0.05) is 42.1 Å². The lowest BCUT2D eigenvalue weighted by Gasteiger charge is -2.09. The van der Waals surface area contributed by atoms with E-state index >= 15 is 0 Å². The number of hydrogen-bond acceptors (Lipinski definition) is 3. The molecule has 0 unspecified atom stereocenters. The molecule has 0 aliphatic heterocycles. The van der Waals surface area contributed by atoms with E-state index in [9.17, 15) is 22.0 Å². The van der Waals surface area contributed by atoms with E-state index in [-0.39, 0.29) is 10.7 Å². The molecular weight excluding hydrogens is 361 g/mol. The van der Waals surface area contributed by atoms with Crippen molar-refractivity contribution in [1.82, 2.24) is 0 Å². The summed E-state index contributed by atoms with van der Waals surface area (Å²) in [6, 6.07) is 10.5. The van der Waals surface area contributed by atoms with Crippen LogP contribution in [0.5, 0.6) is 0 Å². The van der Waals surface area contributed by atoms with E-state index in [1.165, 1.54) is 11.8 Å². The molecule has 2 aromatic carbocycles. The fraction of sp³-hybridized carbons (Fsp3) is 0.125. The second-order valence-corrected chi connectivity index (χ2v) is 5.81. The van der Waals surface area contributed by atoms with Gasteiger partial charge in [0.15, 0.2) is 5.17 Å². The monoisotopic (exact) mass is 373 g/mol. The van der Waals surface area contributed by atoms with Crippen molar-refractivity contribution in [1.29, 1.82) is 0 Å². The maximum atomic E-state index is 13.4. The Balaban J connectivity index is 2.04. The van der Waals surface area contributed by atoms with Crippen molar-refractivity contribution in [2.75, 3.05) is 0 Å². The second-order valence-electron chi connectivity index (χ2n) is 4.81. The topological polar surface area (TPSA) is 50.7 Å². The minimum Gasteiger partial charge on any atom is -0.377 e. The molecule has 0 radical (unpaired) electrons. The number of alkyl halides is 3. The summed E-state index contributed by atoms with van der Waals surface area (Å²) in [4.78, 5) is 0. The number of nitrogens with two attached hydrogens (primary N) is 1. The molecule has 0 saturated heterocycles. The van der Waals surface area contributed by atoms with Gasteiger partial charge in [-0.25, -0.2) is 8.78 Å². The smallest absolute Gasteiger partial charge is 0.377 e. The fourth-order valence-electron chi connectivity index (χ4n) is 1.85. The van der Waals surface area contributed by atoms with Crippen LogP contribution in [0.2, 0.25) is 0 Å². The molecule has 0 aromatic heterocycles. The first kappa shape index (κ1) is 18.9. The van der Waals surface area contributed by atoms with Gasteiger partial charge in [0.25, 0.3) is 0 Å². The lowest BCUT2D eigenvalue weighted by Crippen LogP contribution is -2.12. The third-order valence-electron chi connectivity index (χ3n) is 2.94. The van der Waals surface area contributed by atoms with E-state index in [0.29, 0.717) is 17.9 Å². The molecule has 0 saturated carbocycles. The van der Waals surface area contributed by atoms with Gasteiger partial charge < -0.3 is 5.73 Å². The summed E-state index contributed by atoms with van der Waals surface area (Å²) in [5.41, 5.74) is 4.50. The minimum absolute atomic E-state index is 0.105. The highest BCUT2D eigenvalue weighted by Crippen LogP contribution is 2.33. The number of nitrogens with zero attached hydrogens (tertiary/aromatic N) is 2. The average Bonchev–Trinajstić information content (AvgIpc) is 2.52. The third kappa shape index (κ3) is 5.56. The summed E-state index contributed by atoms with van der Waals surface area (Å²) >= 11 is 1.19. The van der Waals surface area contributed by atoms with Crippen LogP contribution < -0.4 is 5.73 Å². The number of amidine groups is 1. The van der Waals surface area contributed by atoms with Gasteiger partial charge in [0.05, 0.1) is 6.21 Å². The van der Waals surface area contributed by atoms with Crippen LogP contribution >= 0.6 is 11.8 Å². The number of hydrogen-bond donors (Lipinski definition) is 1. The molecular formula is C16H12F5N3S. The van der Waals surface area contributed by atoms with Crippen LogP contribution in [0.15, 0.2) is 52.7 Å². The number of rotatable bonds is 4. The molecule has 0 amide bonds. The molecule has 0 spiro atoms. The highest BCUT2D eigenvalue weighted by molar-refractivity contribution is 8.13. The normalized spacial score (nSPS) is 12.8. The second kappa shape index (κ2) is 8.11. The zero-order chi connectivity index (χ0) is 18.4. The highest BCUT2D eigenvalue weighted by Gasteiger charge is 2.37. The molecule has 0 aliphatic carbocycles. The Morgan fingerprint density at radius 2 is 1.68 bits per heavy atom. The summed E-state index contributed by atoms with van der Waals surface area (Å²) in [5.74, 6) is -2.89. The Hall–Kier alpha value is -2.42. The van der Waals surface area contributed by atoms with E-state index in [1.54, 1.807) is 0 Å². The molecule has 2 aromatic rings. The largest absolute Gasteiger partial charge is 0.422 e. The van der Waals surface area contributed by atoms with Crippen molar-refractivity contribution in [3.63, 3.8) is 0 Å². The summed E-state index contributed by atoms with van der Waals surface area (Å²) in [6.07, 6.45) is -4.19. The third-order valence-corrected chi connectivity index (χ3v) is 3.80. The van der Waals surface area contributed by atoms with Gasteiger partial charge in [-0.2, -0.15) is 18.3 Å². The molecule has 2 rings (SSSR count). The summed E-state index contributed by atoms with van der Waals surface area (Å²) in [6.45, 7) is 0.